The molecule has 0 heterocycles. The maximum absolute atomic E-state index is 14.0. The Balaban J connectivity index is 2.73. The summed E-state index contributed by atoms with van der Waals surface area (Å²) in [6, 6.07) is 7.16. The Kier molecular flexibility index (Phi) is 6.99. The third kappa shape index (κ3) is 4.52. The first-order chi connectivity index (χ1) is 13.9. The van der Waals surface area contributed by atoms with Crippen LogP contribution in [0.5, 0.6) is 0 Å². The van der Waals surface area contributed by atoms with Crippen molar-refractivity contribution in [3.05, 3.63) is 81.6 Å². The maximum atomic E-state index is 14.0. The highest BCUT2D eigenvalue weighted by atomic mass is 31.2. The average molecular weight is 426 g/mol. The monoisotopic (exact) mass is 426 g/mol. The molecular formula is C24H27O5P. The predicted molar refractivity (Wildman–Crippen MR) is 119 cm³/mol. The van der Waals surface area contributed by atoms with Gasteiger partial charge in [0.1, 0.15) is 6.16 Å². The van der Waals surface area contributed by atoms with Gasteiger partial charge in [-0.3, -0.25) is 14.4 Å². The van der Waals surface area contributed by atoms with Crippen LogP contribution in [0.4, 0.5) is 0 Å². The zero-order valence-corrected chi connectivity index (χ0v) is 19.2. The van der Waals surface area contributed by atoms with Crippen LogP contribution in [0.25, 0.3) is 0 Å². The van der Waals surface area contributed by atoms with Gasteiger partial charge in [0.05, 0.1) is 6.26 Å². The van der Waals surface area contributed by atoms with Crippen LogP contribution < -0.4 is 0 Å². The molecule has 0 aliphatic rings. The fourth-order valence-electron chi connectivity index (χ4n) is 3.94. The molecule has 0 aromatic heterocycles. The zero-order valence-electron chi connectivity index (χ0n) is 18.3. The second kappa shape index (κ2) is 8.93. The van der Waals surface area contributed by atoms with Crippen molar-refractivity contribution in [2.24, 2.45) is 0 Å². The van der Waals surface area contributed by atoms with E-state index >= 15 is 0 Å². The van der Waals surface area contributed by atoms with Crippen LogP contribution in [0.3, 0.4) is 0 Å². The highest BCUT2D eigenvalue weighted by Gasteiger charge is 2.45. The number of ether oxygens (including phenoxy) is 1. The maximum Gasteiger partial charge on any atom is 0.318 e. The third-order valence-electron chi connectivity index (χ3n) is 5.00. The summed E-state index contributed by atoms with van der Waals surface area (Å²) in [7, 11) is -4.37. The summed E-state index contributed by atoms with van der Waals surface area (Å²) in [4.78, 5) is 39.3. The second-order valence-electron chi connectivity index (χ2n) is 7.71. The van der Waals surface area contributed by atoms with Crippen LogP contribution in [-0.2, 0) is 14.1 Å². The topological polar surface area (TPSA) is 77.5 Å². The van der Waals surface area contributed by atoms with E-state index in [9.17, 15) is 18.9 Å². The van der Waals surface area contributed by atoms with E-state index in [0.717, 1.165) is 17.4 Å². The van der Waals surface area contributed by atoms with Crippen molar-refractivity contribution in [1.29, 1.82) is 0 Å². The van der Waals surface area contributed by atoms with Crippen LogP contribution >= 0.6 is 7.14 Å². The molecule has 6 heteroatoms. The van der Waals surface area contributed by atoms with E-state index in [0.29, 0.717) is 22.3 Å². The molecule has 0 amide bonds. The van der Waals surface area contributed by atoms with Gasteiger partial charge in [-0.15, -0.1) is 0 Å². The molecule has 0 unspecified atom stereocenters. The van der Waals surface area contributed by atoms with Crippen LogP contribution in [0, 0.1) is 41.5 Å². The smallest absolute Gasteiger partial charge is 0.318 e. The van der Waals surface area contributed by atoms with Gasteiger partial charge in [-0.05, 0) is 63.8 Å². The fourth-order valence-corrected chi connectivity index (χ4v) is 6.28. The minimum absolute atomic E-state index is 0.214. The van der Waals surface area contributed by atoms with Crippen LogP contribution in [0.1, 0.15) is 54.1 Å². The molecule has 158 valence electrons. The lowest BCUT2D eigenvalue weighted by atomic mass is 10.0. The SMILES string of the molecule is C=COC(=O)CP(=O)(C(=O)c1c(C)cc(C)cc1C)C(=O)c1c(C)cc(C)cc1C. The lowest BCUT2D eigenvalue weighted by molar-refractivity contribution is -0.135. The van der Waals surface area contributed by atoms with Crippen molar-refractivity contribution >= 4 is 24.2 Å². The van der Waals surface area contributed by atoms with Crippen LogP contribution in [-0.4, -0.2) is 23.2 Å². The van der Waals surface area contributed by atoms with Gasteiger partial charge in [-0.25, -0.2) is 0 Å². The summed E-state index contributed by atoms with van der Waals surface area (Å²) in [5, 5.41) is 0. The first kappa shape index (κ1) is 23.5. The molecule has 0 spiro atoms. The average Bonchev–Trinajstić information content (AvgIpc) is 2.59. The summed E-state index contributed by atoms with van der Waals surface area (Å²) in [6.45, 7) is 14.0. The largest absolute Gasteiger partial charge is 0.435 e. The van der Waals surface area contributed by atoms with E-state index in [1.54, 1.807) is 52.0 Å². The number of hydrogen-bond donors (Lipinski definition) is 0. The van der Waals surface area contributed by atoms with Gasteiger partial charge >= 0.3 is 5.97 Å². The molecule has 0 bridgehead atoms. The predicted octanol–water partition coefficient (Wildman–Crippen LogP) is 5.57. The second-order valence-corrected chi connectivity index (χ2v) is 10.3. The normalized spacial score (nSPS) is 11.1. The standard InChI is InChI=1S/C24H27O5P/c1-8-29-20(25)13-30(28,23(26)21-16(4)9-14(2)10-17(21)5)24(27)22-18(6)11-15(3)12-19(22)7/h8-12H,1,13H2,2-7H3. The highest BCUT2D eigenvalue weighted by molar-refractivity contribution is 7.96. The van der Waals surface area contributed by atoms with E-state index in [2.05, 4.69) is 6.58 Å². The third-order valence-corrected chi connectivity index (χ3v) is 7.47. The lowest BCUT2D eigenvalue weighted by Crippen LogP contribution is -2.21. The molecular weight excluding hydrogens is 399 g/mol. The van der Waals surface area contributed by atoms with E-state index in [-0.39, 0.29) is 11.1 Å². The number of carbonyl (C=O) groups excluding carboxylic acids is 3. The lowest BCUT2D eigenvalue weighted by Gasteiger charge is -2.20. The Labute approximate surface area is 177 Å². The van der Waals surface area contributed by atoms with Crippen LogP contribution in [0.15, 0.2) is 37.1 Å². The minimum Gasteiger partial charge on any atom is -0.435 e. The Hall–Kier alpha value is -2.78. The molecule has 2 rings (SSSR count). The summed E-state index contributed by atoms with van der Waals surface area (Å²) in [5.41, 5.74) is 3.13. The van der Waals surface area contributed by atoms with Gasteiger partial charge in [0.2, 0.25) is 18.2 Å². The van der Waals surface area contributed by atoms with Crippen molar-refractivity contribution < 1.29 is 23.7 Å². The first-order valence-electron chi connectivity index (χ1n) is 9.57. The molecule has 0 saturated heterocycles. The molecule has 0 aliphatic carbocycles. The minimum atomic E-state index is -4.37. The van der Waals surface area contributed by atoms with Crippen molar-refractivity contribution in [2.45, 2.75) is 41.5 Å². The molecule has 2 aromatic rings. The molecule has 30 heavy (non-hydrogen) atoms. The Morgan fingerprint density at radius 3 is 1.43 bits per heavy atom. The summed E-state index contributed by atoms with van der Waals surface area (Å²) in [6.07, 6.45) is 0.0859. The molecule has 0 radical (unpaired) electrons. The Bertz CT molecular complexity index is 991. The number of esters is 1. The van der Waals surface area contributed by atoms with Gasteiger partial charge in [0.15, 0.2) is 0 Å². The van der Waals surface area contributed by atoms with E-state index in [1.807, 2.05) is 13.8 Å². The molecule has 0 aliphatic heterocycles. The van der Waals surface area contributed by atoms with Gasteiger partial charge in [-0.1, -0.05) is 42.0 Å². The van der Waals surface area contributed by atoms with Crippen molar-refractivity contribution in [3.8, 4) is 0 Å². The van der Waals surface area contributed by atoms with Crippen molar-refractivity contribution in [2.75, 3.05) is 6.16 Å². The highest BCUT2D eigenvalue weighted by Crippen LogP contribution is 2.53. The fraction of sp³-hybridized carbons (Fsp3) is 0.292. The quantitative estimate of drug-likeness (QED) is 0.329. The zero-order chi connectivity index (χ0) is 22.8. The molecule has 0 saturated carbocycles. The number of hydrogen-bond acceptors (Lipinski definition) is 5. The van der Waals surface area contributed by atoms with Crippen molar-refractivity contribution in [3.63, 3.8) is 0 Å². The molecule has 0 N–H and O–H groups in total. The number of benzene rings is 2. The van der Waals surface area contributed by atoms with Gasteiger partial charge < -0.3 is 9.30 Å². The number of rotatable bonds is 7. The van der Waals surface area contributed by atoms with E-state index in [1.165, 1.54) is 0 Å². The molecule has 5 nitrogen and oxygen atoms in total. The summed E-state index contributed by atoms with van der Waals surface area (Å²) < 4.78 is 18.8. The number of carbonyl (C=O) groups is 3. The van der Waals surface area contributed by atoms with Gasteiger partial charge in [0, 0.05) is 11.1 Å². The summed E-state index contributed by atoms with van der Waals surface area (Å²) in [5.74, 6) is -0.931. The van der Waals surface area contributed by atoms with Gasteiger partial charge in [-0.2, -0.15) is 0 Å². The first-order valence-corrected chi connectivity index (χ1v) is 11.5. The summed E-state index contributed by atoms with van der Waals surface area (Å²) >= 11 is 0. The van der Waals surface area contributed by atoms with Crippen molar-refractivity contribution in [1.82, 2.24) is 0 Å². The molecule has 0 fully saturated rings. The van der Waals surface area contributed by atoms with E-state index < -0.39 is 30.3 Å². The molecule has 2 aromatic carbocycles. The molecule has 0 atom stereocenters. The Morgan fingerprint density at radius 2 is 1.13 bits per heavy atom. The van der Waals surface area contributed by atoms with Gasteiger partial charge in [0.25, 0.3) is 0 Å². The van der Waals surface area contributed by atoms with E-state index in [4.69, 9.17) is 4.74 Å². The number of aryl methyl sites for hydroxylation is 6. The Morgan fingerprint density at radius 1 is 0.800 bits per heavy atom. The van der Waals surface area contributed by atoms with Crippen LogP contribution in [0.2, 0.25) is 0 Å².